The Labute approximate surface area is 133 Å². The fourth-order valence-corrected chi connectivity index (χ4v) is 2.22. The van der Waals surface area contributed by atoms with Crippen molar-refractivity contribution in [2.45, 2.75) is 27.4 Å². The number of non-ortho nitro benzene ring substituents is 1. The van der Waals surface area contributed by atoms with Crippen LogP contribution in [0.5, 0.6) is 5.75 Å². The van der Waals surface area contributed by atoms with Gasteiger partial charge in [-0.25, -0.2) is 4.98 Å². The van der Waals surface area contributed by atoms with Crippen molar-refractivity contribution < 1.29 is 14.5 Å². The van der Waals surface area contributed by atoms with Gasteiger partial charge in [0.25, 0.3) is 5.69 Å². The van der Waals surface area contributed by atoms with Gasteiger partial charge in [0.2, 0.25) is 5.91 Å². The number of benzene rings is 1. The lowest BCUT2D eigenvalue weighted by atomic mass is 9.98. The lowest BCUT2D eigenvalue weighted by molar-refractivity contribution is -0.384. The zero-order valence-corrected chi connectivity index (χ0v) is 13.1. The third-order valence-corrected chi connectivity index (χ3v) is 3.14. The summed E-state index contributed by atoms with van der Waals surface area (Å²) >= 11 is 0. The first-order chi connectivity index (χ1) is 11.0. The van der Waals surface area contributed by atoms with Gasteiger partial charge in [0, 0.05) is 30.3 Å². The summed E-state index contributed by atoms with van der Waals surface area (Å²) in [5.74, 6) is 0.683. The maximum atomic E-state index is 11.1. The van der Waals surface area contributed by atoms with E-state index < -0.39 is 4.92 Å². The first kappa shape index (κ1) is 16.4. The van der Waals surface area contributed by atoms with Crippen LogP contribution in [0.4, 0.5) is 11.5 Å². The second kappa shape index (κ2) is 6.87. The molecule has 0 aliphatic carbocycles. The quantitative estimate of drug-likeness (QED) is 0.675. The minimum atomic E-state index is -0.464. The Hall–Kier alpha value is -2.96. The first-order valence-electron chi connectivity index (χ1n) is 7.23. The number of rotatable bonds is 2. The van der Waals surface area contributed by atoms with E-state index >= 15 is 0 Å². The molecule has 1 amide bonds. The number of fused-ring (bicyclic) bond motifs is 3. The molecule has 3 rings (SSSR count). The summed E-state index contributed by atoms with van der Waals surface area (Å²) in [7, 11) is 0. The minimum absolute atomic E-state index is 0.0201. The maximum absolute atomic E-state index is 11.1. The molecule has 0 radical (unpaired) electrons. The minimum Gasteiger partial charge on any atom is -0.488 e. The van der Waals surface area contributed by atoms with Crippen LogP contribution in [0.2, 0.25) is 0 Å². The Balaban J connectivity index is 0.000000924. The van der Waals surface area contributed by atoms with Gasteiger partial charge in [0.1, 0.15) is 18.2 Å². The molecule has 0 unspecified atom stereocenters. The van der Waals surface area contributed by atoms with Crippen molar-refractivity contribution in [3.63, 3.8) is 0 Å². The molecule has 0 saturated carbocycles. The lowest BCUT2D eigenvalue weighted by Gasteiger charge is -2.20. The molecule has 1 aliphatic heterocycles. The molecule has 0 saturated heterocycles. The van der Waals surface area contributed by atoms with Crippen LogP contribution in [0.3, 0.4) is 0 Å². The third kappa shape index (κ3) is 3.45. The summed E-state index contributed by atoms with van der Waals surface area (Å²) in [4.78, 5) is 25.6. The van der Waals surface area contributed by atoms with Gasteiger partial charge in [-0.1, -0.05) is 13.8 Å². The molecule has 1 aromatic heterocycles. The van der Waals surface area contributed by atoms with Crippen molar-refractivity contribution in [2.24, 2.45) is 0 Å². The van der Waals surface area contributed by atoms with E-state index in [2.05, 4.69) is 10.3 Å². The van der Waals surface area contributed by atoms with Crippen LogP contribution in [-0.4, -0.2) is 15.8 Å². The van der Waals surface area contributed by atoms with Gasteiger partial charge in [-0.15, -0.1) is 0 Å². The van der Waals surface area contributed by atoms with Gasteiger partial charge in [-0.3, -0.25) is 14.9 Å². The van der Waals surface area contributed by atoms with Crippen molar-refractivity contribution in [3.8, 4) is 16.9 Å². The zero-order chi connectivity index (χ0) is 17.0. The number of carbonyl (C=O) groups is 1. The number of anilines is 1. The number of carbonyl (C=O) groups excluding carboxylic acids is 1. The SMILES string of the molecule is CC.CC(=O)Nc1cc2c(cn1)COc1cc([N+](=O)[O-])ccc1-2. The number of amides is 1. The molecule has 0 fully saturated rings. The monoisotopic (exact) mass is 315 g/mol. The van der Waals surface area contributed by atoms with Crippen molar-refractivity contribution in [3.05, 3.63) is 46.1 Å². The highest BCUT2D eigenvalue weighted by molar-refractivity contribution is 5.89. The van der Waals surface area contributed by atoms with Crippen molar-refractivity contribution in [2.75, 3.05) is 5.32 Å². The molecule has 1 aromatic carbocycles. The average molecular weight is 315 g/mol. The number of ether oxygens (including phenoxy) is 1. The van der Waals surface area contributed by atoms with Gasteiger partial charge in [-0.2, -0.15) is 0 Å². The fraction of sp³-hybridized carbons (Fsp3) is 0.250. The van der Waals surface area contributed by atoms with Gasteiger partial charge in [0.05, 0.1) is 11.0 Å². The molecule has 0 atom stereocenters. The Morgan fingerprint density at radius 2 is 2.04 bits per heavy atom. The molecule has 120 valence electrons. The summed E-state index contributed by atoms with van der Waals surface area (Å²) in [6.07, 6.45) is 1.63. The van der Waals surface area contributed by atoms with Crippen LogP contribution in [-0.2, 0) is 11.4 Å². The third-order valence-electron chi connectivity index (χ3n) is 3.14. The molecule has 1 aliphatic rings. The molecule has 0 bridgehead atoms. The molecule has 23 heavy (non-hydrogen) atoms. The van der Waals surface area contributed by atoms with Gasteiger partial charge in [-0.05, 0) is 17.7 Å². The second-order valence-corrected chi connectivity index (χ2v) is 4.63. The number of hydrogen-bond acceptors (Lipinski definition) is 5. The summed E-state index contributed by atoms with van der Waals surface area (Å²) in [6.45, 7) is 5.69. The summed E-state index contributed by atoms with van der Waals surface area (Å²) in [5, 5.41) is 13.4. The smallest absolute Gasteiger partial charge is 0.273 e. The molecular formula is C16H17N3O4. The number of nitrogens with one attached hydrogen (secondary N) is 1. The highest BCUT2D eigenvalue weighted by atomic mass is 16.6. The lowest BCUT2D eigenvalue weighted by Crippen LogP contribution is -2.11. The van der Waals surface area contributed by atoms with Crippen LogP contribution >= 0.6 is 0 Å². The predicted molar refractivity (Wildman–Crippen MR) is 86.3 cm³/mol. The highest BCUT2D eigenvalue weighted by Gasteiger charge is 2.21. The van der Waals surface area contributed by atoms with Crippen LogP contribution in [0.15, 0.2) is 30.5 Å². The average Bonchev–Trinajstić information content (AvgIpc) is 2.55. The molecule has 0 spiro atoms. The predicted octanol–water partition coefficient (Wildman–Crippen LogP) is 3.53. The number of pyridine rings is 1. The number of nitro benzene ring substituents is 1. The highest BCUT2D eigenvalue weighted by Crippen LogP contribution is 2.39. The number of aromatic nitrogens is 1. The summed E-state index contributed by atoms with van der Waals surface area (Å²) in [5.41, 5.74) is 2.44. The van der Waals surface area contributed by atoms with E-state index in [1.54, 1.807) is 18.3 Å². The normalized spacial score (nSPS) is 11.1. The Morgan fingerprint density at radius 1 is 1.30 bits per heavy atom. The van der Waals surface area contributed by atoms with E-state index in [9.17, 15) is 14.9 Å². The van der Waals surface area contributed by atoms with Crippen LogP contribution in [0.1, 0.15) is 26.3 Å². The topological polar surface area (TPSA) is 94.4 Å². The molecular weight excluding hydrogens is 298 g/mol. The van der Waals surface area contributed by atoms with Gasteiger partial charge >= 0.3 is 0 Å². The first-order valence-corrected chi connectivity index (χ1v) is 7.23. The van der Waals surface area contributed by atoms with Gasteiger partial charge < -0.3 is 10.1 Å². The largest absolute Gasteiger partial charge is 0.488 e. The fourth-order valence-electron chi connectivity index (χ4n) is 2.22. The van der Waals surface area contributed by atoms with E-state index in [1.807, 2.05) is 13.8 Å². The Kier molecular flexibility index (Phi) is 4.90. The van der Waals surface area contributed by atoms with Gasteiger partial charge in [0.15, 0.2) is 0 Å². The van der Waals surface area contributed by atoms with Crippen molar-refractivity contribution >= 4 is 17.4 Å². The Morgan fingerprint density at radius 3 is 2.70 bits per heavy atom. The molecule has 7 nitrogen and oxygen atoms in total. The zero-order valence-electron chi connectivity index (χ0n) is 13.1. The van der Waals surface area contributed by atoms with E-state index in [1.165, 1.54) is 19.1 Å². The number of nitro groups is 1. The summed E-state index contributed by atoms with van der Waals surface area (Å²) < 4.78 is 5.53. The van der Waals surface area contributed by atoms with E-state index in [4.69, 9.17) is 4.74 Å². The number of hydrogen-bond donors (Lipinski definition) is 1. The van der Waals surface area contributed by atoms with Crippen molar-refractivity contribution in [1.82, 2.24) is 4.98 Å². The van der Waals surface area contributed by atoms with Crippen LogP contribution in [0.25, 0.3) is 11.1 Å². The molecule has 2 heterocycles. The maximum Gasteiger partial charge on any atom is 0.273 e. The molecule has 1 N–H and O–H groups in total. The second-order valence-electron chi connectivity index (χ2n) is 4.63. The van der Waals surface area contributed by atoms with Crippen molar-refractivity contribution in [1.29, 1.82) is 0 Å². The van der Waals surface area contributed by atoms with E-state index in [0.29, 0.717) is 11.6 Å². The molecule has 7 heteroatoms. The molecule has 2 aromatic rings. The van der Waals surface area contributed by atoms with E-state index in [0.717, 1.165) is 16.7 Å². The van der Waals surface area contributed by atoms with Crippen LogP contribution in [0, 0.1) is 10.1 Å². The summed E-state index contributed by atoms with van der Waals surface area (Å²) in [6, 6.07) is 6.21. The Bertz CT molecular complexity index is 759. The standard InChI is InChI=1S/C14H11N3O4.C2H6/c1-8(18)16-14-5-12-9(6-15-14)7-21-13-4-10(17(19)20)2-3-11(12)13;1-2/h2-6H,7H2,1H3,(H,15,16,18);1-2H3. The van der Waals surface area contributed by atoms with E-state index in [-0.39, 0.29) is 18.2 Å². The number of nitrogens with zero attached hydrogens (tertiary/aromatic N) is 2. The van der Waals surface area contributed by atoms with Crippen LogP contribution < -0.4 is 10.1 Å².